The van der Waals surface area contributed by atoms with Gasteiger partial charge in [0.1, 0.15) is 0 Å². The molecule has 0 heterocycles. The lowest BCUT2D eigenvalue weighted by atomic mass is 10.2. The third-order valence-corrected chi connectivity index (χ3v) is 2.23. The first-order valence-electron chi connectivity index (χ1n) is 6.66. The Balaban J connectivity index is 3.44. The number of carbonyl (C=O) groups excluding carboxylic acids is 2. The maximum Gasteiger partial charge on any atom is 0.233 e. The summed E-state index contributed by atoms with van der Waals surface area (Å²) in [5, 5.41) is 8.59. The maximum atomic E-state index is 11.4. The zero-order valence-electron chi connectivity index (χ0n) is 12.0. The van der Waals surface area contributed by atoms with E-state index in [4.69, 9.17) is 0 Å². The summed E-state index contributed by atoms with van der Waals surface area (Å²) in [5.41, 5.74) is 0. The summed E-state index contributed by atoms with van der Waals surface area (Å²) < 4.78 is 0. The van der Waals surface area contributed by atoms with Gasteiger partial charge in [0, 0.05) is 26.1 Å². The minimum atomic E-state index is -0.0220. The molecule has 0 radical (unpaired) electrons. The first-order chi connectivity index (χ1) is 8.41. The fourth-order valence-electron chi connectivity index (χ4n) is 1.19. The van der Waals surface area contributed by atoms with Crippen molar-refractivity contribution in [1.82, 2.24) is 16.0 Å². The average Bonchev–Trinajstić information content (AvgIpc) is 2.29. The van der Waals surface area contributed by atoms with E-state index in [0.29, 0.717) is 37.9 Å². The minimum absolute atomic E-state index is 0.0220. The highest BCUT2D eigenvalue weighted by Crippen LogP contribution is 1.88. The van der Waals surface area contributed by atoms with Crippen molar-refractivity contribution in [2.24, 2.45) is 11.8 Å². The van der Waals surface area contributed by atoms with Crippen LogP contribution in [0, 0.1) is 11.8 Å². The predicted octanol–water partition coefficient (Wildman–Crippen LogP) is 0.511. The third-order valence-electron chi connectivity index (χ3n) is 2.23. The van der Waals surface area contributed by atoms with Crippen molar-refractivity contribution < 1.29 is 9.59 Å². The smallest absolute Gasteiger partial charge is 0.233 e. The van der Waals surface area contributed by atoms with Crippen LogP contribution in [0.5, 0.6) is 0 Å². The fraction of sp³-hybridized carbons (Fsp3) is 0.846. The summed E-state index contributed by atoms with van der Waals surface area (Å²) in [7, 11) is 0. The number of hydrogen-bond acceptors (Lipinski definition) is 3. The topological polar surface area (TPSA) is 70.2 Å². The van der Waals surface area contributed by atoms with Crippen LogP contribution in [0.1, 0.15) is 34.1 Å². The molecule has 0 fully saturated rings. The second-order valence-electron chi connectivity index (χ2n) is 5.32. The molecule has 0 bridgehead atoms. The molecule has 0 atom stereocenters. The van der Waals surface area contributed by atoms with E-state index in [9.17, 15) is 9.59 Å². The Morgan fingerprint density at radius 1 is 0.889 bits per heavy atom. The summed E-state index contributed by atoms with van der Waals surface area (Å²) in [4.78, 5) is 22.7. The molecule has 0 aliphatic heterocycles. The van der Waals surface area contributed by atoms with Crippen LogP contribution in [0.4, 0.5) is 0 Å². The van der Waals surface area contributed by atoms with E-state index in [1.54, 1.807) is 0 Å². The molecule has 0 aromatic rings. The highest BCUT2D eigenvalue weighted by atomic mass is 16.2. The van der Waals surface area contributed by atoms with Gasteiger partial charge in [0.05, 0.1) is 6.54 Å². The Morgan fingerprint density at radius 3 is 1.89 bits per heavy atom. The van der Waals surface area contributed by atoms with Crippen LogP contribution < -0.4 is 16.0 Å². The van der Waals surface area contributed by atoms with E-state index in [2.05, 4.69) is 29.8 Å². The zero-order valence-corrected chi connectivity index (χ0v) is 12.0. The Labute approximate surface area is 110 Å². The molecule has 0 saturated carbocycles. The van der Waals surface area contributed by atoms with Crippen molar-refractivity contribution in [3.63, 3.8) is 0 Å². The minimum Gasteiger partial charge on any atom is -0.356 e. The van der Waals surface area contributed by atoms with Crippen LogP contribution in [0.15, 0.2) is 0 Å². The molecule has 0 spiro atoms. The highest BCUT2D eigenvalue weighted by Gasteiger charge is 2.04. The van der Waals surface area contributed by atoms with Crippen LogP contribution in [0.3, 0.4) is 0 Å². The second-order valence-corrected chi connectivity index (χ2v) is 5.32. The predicted molar refractivity (Wildman–Crippen MR) is 73.2 cm³/mol. The molecule has 0 aliphatic carbocycles. The van der Waals surface area contributed by atoms with Crippen LogP contribution in [0.2, 0.25) is 0 Å². The van der Waals surface area contributed by atoms with Crippen LogP contribution in [-0.4, -0.2) is 38.0 Å². The normalized spacial score (nSPS) is 10.8. The molecule has 3 N–H and O–H groups in total. The third kappa shape index (κ3) is 11.4. The molecule has 2 amide bonds. The van der Waals surface area contributed by atoms with Crippen molar-refractivity contribution in [3.05, 3.63) is 0 Å². The molecular formula is C13H27N3O2. The molecule has 0 rings (SSSR count). The number of nitrogens with one attached hydrogen (secondary N) is 3. The van der Waals surface area contributed by atoms with E-state index >= 15 is 0 Å². The SMILES string of the molecule is CC(C)CNC(=O)CCNCC(=O)NCC(C)C. The maximum absolute atomic E-state index is 11.4. The lowest BCUT2D eigenvalue weighted by Crippen LogP contribution is -2.37. The largest absolute Gasteiger partial charge is 0.356 e. The van der Waals surface area contributed by atoms with Crippen molar-refractivity contribution in [1.29, 1.82) is 0 Å². The Bertz CT molecular complexity index is 227. The summed E-state index contributed by atoms with van der Waals surface area (Å²) in [6, 6.07) is 0. The van der Waals surface area contributed by atoms with E-state index < -0.39 is 0 Å². The van der Waals surface area contributed by atoms with E-state index in [1.807, 2.05) is 13.8 Å². The quantitative estimate of drug-likeness (QED) is 0.527. The first kappa shape index (κ1) is 16.9. The summed E-state index contributed by atoms with van der Waals surface area (Å²) in [6.07, 6.45) is 0.407. The van der Waals surface area contributed by atoms with E-state index in [1.165, 1.54) is 0 Å². The second kappa shape index (κ2) is 9.88. The summed E-state index contributed by atoms with van der Waals surface area (Å²) in [5.74, 6) is 0.921. The standard InChI is InChI=1S/C13H27N3O2/c1-10(2)7-15-12(17)5-6-14-9-13(18)16-8-11(3)4/h10-11,14H,5-9H2,1-4H3,(H,15,17)(H,16,18). The van der Waals surface area contributed by atoms with Crippen molar-refractivity contribution in [2.45, 2.75) is 34.1 Å². The highest BCUT2D eigenvalue weighted by molar-refractivity contribution is 5.78. The van der Waals surface area contributed by atoms with Gasteiger partial charge in [-0.1, -0.05) is 27.7 Å². The lowest BCUT2D eigenvalue weighted by Gasteiger charge is -2.09. The fourth-order valence-corrected chi connectivity index (χ4v) is 1.19. The number of rotatable bonds is 9. The van der Waals surface area contributed by atoms with Gasteiger partial charge in [0.25, 0.3) is 0 Å². The van der Waals surface area contributed by atoms with Gasteiger partial charge in [0.15, 0.2) is 0 Å². The molecule has 0 unspecified atom stereocenters. The van der Waals surface area contributed by atoms with Crippen LogP contribution in [0.25, 0.3) is 0 Å². The molecule has 5 nitrogen and oxygen atoms in total. The van der Waals surface area contributed by atoms with Crippen molar-refractivity contribution in [3.8, 4) is 0 Å². The lowest BCUT2D eigenvalue weighted by molar-refractivity contribution is -0.122. The van der Waals surface area contributed by atoms with Gasteiger partial charge in [-0.3, -0.25) is 9.59 Å². The molecule has 0 aromatic heterocycles. The van der Waals surface area contributed by atoms with Gasteiger partial charge in [-0.2, -0.15) is 0 Å². The van der Waals surface area contributed by atoms with Gasteiger partial charge in [-0.15, -0.1) is 0 Å². The van der Waals surface area contributed by atoms with Gasteiger partial charge in [-0.25, -0.2) is 0 Å². The number of amides is 2. The molecule has 18 heavy (non-hydrogen) atoms. The van der Waals surface area contributed by atoms with Crippen LogP contribution in [-0.2, 0) is 9.59 Å². The molecular weight excluding hydrogens is 230 g/mol. The monoisotopic (exact) mass is 257 g/mol. The Hall–Kier alpha value is -1.10. The average molecular weight is 257 g/mol. The van der Waals surface area contributed by atoms with E-state index in [0.717, 1.165) is 0 Å². The first-order valence-corrected chi connectivity index (χ1v) is 6.66. The van der Waals surface area contributed by atoms with Crippen molar-refractivity contribution >= 4 is 11.8 Å². The molecule has 0 saturated heterocycles. The number of hydrogen-bond donors (Lipinski definition) is 3. The zero-order chi connectivity index (χ0) is 14.0. The van der Waals surface area contributed by atoms with Crippen LogP contribution >= 0.6 is 0 Å². The molecule has 5 heteroatoms. The van der Waals surface area contributed by atoms with Gasteiger partial charge >= 0.3 is 0 Å². The summed E-state index contributed by atoms with van der Waals surface area (Å²) in [6.45, 7) is 10.4. The molecule has 0 aliphatic rings. The number of carbonyl (C=O) groups is 2. The van der Waals surface area contributed by atoms with Crippen molar-refractivity contribution in [2.75, 3.05) is 26.2 Å². The van der Waals surface area contributed by atoms with Gasteiger partial charge in [-0.05, 0) is 11.8 Å². The summed E-state index contributed by atoms with van der Waals surface area (Å²) >= 11 is 0. The Kier molecular flexibility index (Phi) is 9.28. The van der Waals surface area contributed by atoms with Gasteiger partial charge in [0.2, 0.25) is 11.8 Å². The molecule has 106 valence electrons. The van der Waals surface area contributed by atoms with E-state index in [-0.39, 0.29) is 18.4 Å². The Morgan fingerprint density at radius 2 is 1.39 bits per heavy atom. The molecule has 0 aromatic carbocycles. The van der Waals surface area contributed by atoms with Gasteiger partial charge < -0.3 is 16.0 Å².